The number of carbonyl (C=O) groups is 2. The summed E-state index contributed by atoms with van der Waals surface area (Å²) in [6.45, 7) is 5.50. The maximum atomic E-state index is 16.2. The second-order valence-electron chi connectivity index (χ2n) is 8.37. The number of hydrogen-bond acceptors (Lipinski definition) is 5. The van der Waals surface area contributed by atoms with E-state index >= 15 is 4.39 Å². The quantitative estimate of drug-likeness (QED) is 0.508. The van der Waals surface area contributed by atoms with Crippen molar-refractivity contribution < 1.29 is 23.1 Å². The standard InChI is InChI=1S/C25H22ClF2N5O3/c1-3-18(34)32-7-9-33(10-8-32)23-13-11-15(26)19(20-16(27)5-4-6-17(20)36-2)21(28)22(13)30-24-14(23)12-29-25(35)31-24/h3-6,11H,1,7-10,12H2,2H3,(H2,29,30,31,35). The Morgan fingerprint density at radius 3 is 2.67 bits per heavy atom. The van der Waals surface area contributed by atoms with Crippen LogP contribution in [0.3, 0.4) is 0 Å². The Hall–Kier alpha value is -3.92. The highest BCUT2D eigenvalue weighted by Crippen LogP contribution is 2.45. The van der Waals surface area contributed by atoms with Crippen LogP contribution in [0.15, 0.2) is 36.9 Å². The van der Waals surface area contributed by atoms with Crippen molar-refractivity contribution in [2.24, 2.45) is 0 Å². The van der Waals surface area contributed by atoms with E-state index in [0.29, 0.717) is 42.8 Å². The van der Waals surface area contributed by atoms with Crippen LogP contribution in [0, 0.1) is 11.6 Å². The van der Waals surface area contributed by atoms with Gasteiger partial charge < -0.3 is 19.9 Å². The van der Waals surface area contributed by atoms with E-state index in [4.69, 9.17) is 16.3 Å². The number of nitrogens with one attached hydrogen (secondary N) is 2. The first-order chi connectivity index (χ1) is 17.3. The number of halogens is 3. The van der Waals surface area contributed by atoms with E-state index in [1.807, 2.05) is 4.90 Å². The average molecular weight is 514 g/mol. The molecule has 0 aliphatic carbocycles. The number of nitrogens with zero attached hydrogens (tertiary/aromatic N) is 3. The number of hydrogen-bond donors (Lipinski definition) is 2. The van der Waals surface area contributed by atoms with Crippen LogP contribution in [0.4, 0.5) is 25.1 Å². The predicted molar refractivity (Wildman–Crippen MR) is 134 cm³/mol. The maximum Gasteiger partial charge on any atom is 0.320 e. The first-order valence-corrected chi connectivity index (χ1v) is 11.6. The van der Waals surface area contributed by atoms with E-state index < -0.39 is 17.7 Å². The summed E-state index contributed by atoms with van der Waals surface area (Å²) in [7, 11) is 1.36. The minimum absolute atomic E-state index is 0.0142. The second-order valence-corrected chi connectivity index (χ2v) is 8.78. The van der Waals surface area contributed by atoms with Gasteiger partial charge in [-0.25, -0.2) is 18.6 Å². The molecule has 5 rings (SSSR count). The molecule has 3 aromatic rings. The van der Waals surface area contributed by atoms with Crippen LogP contribution in [-0.2, 0) is 11.3 Å². The molecular weight excluding hydrogens is 492 g/mol. The van der Waals surface area contributed by atoms with Gasteiger partial charge >= 0.3 is 6.03 Å². The van der Waals surface area contributed by atoms with Crippen molar-refractivity contribution in [3.8, 4) is 16.9 Å². The van der Waals surface area contributed by atoms with Gasteiger partial charge in [-0.15, -0.1) is 0 Å². The highest BCUT2D eigenvalue weighted by atomic mass is 35.5. The Kier molecular flexibility index (Phi) is 6.13. The molecule has 0 spiro atoms. The van der Waals surface area contributed by atoms with Crippen LogP contribution in [0.5, 0.6) is 5.75 Å². The van der Waals surface area contributed by atoms with Gasteiger partial charge in [0.2, 0.25) is 5.91 Å². The van der Waals surface area contributed by atoms with E-state index in [9.17, 15) is 14.0 Å². The molecular formula is C25H22ClF2N5O3. The van der Waals surface area contributed by atoms with Crippen LogP contribution in [0.2, 0.25) is 5.02 Å². The molecule has 3 amide bonds. The Morgan fingerprint density at radius 2 is 1.97 bits per heavy atom. The van der Waals surface area contributed by atoms with Crippen molar-refractivity contribution in [2.75, 3.05) is 43.5 Å². The smallest absolute Gasteiger partial charge is 0.320 e. The molecule has 2 N–H and O–H groups in total. The van der Waals surface area contributed by atoms with Crippen molar-refractivity contribution in [3.63, 3.8) is 0 Å². The predicted octanol–water partition coefficient (Wildman–Crippen LogP) is 4.31. The van der Waals surface area contributed by atoms with Crippen molar-refractivity contribution >= 4 is 45.9 Å². The maximum absolute atomic E-state index is 16.2. The van der Waals surface area contributed by atoms with E-state index in [2.05, 4.69) is 22.2 Å². The SMILES string of the molecule is C=CC(=O)N1CCN(c2c3c(nc4c(F)c(-c5c(F)cccc5OC)c(Cl)cc24)NC(=O)NC3)CC1. The fourth-order valence-corrected chi connectivity index (χ4v) is 5.02. The van der Waals surface area contributed by atoms with Gasteiger partial charge in [0.1, 0.15) is 22.9 Å². The van der Waals surface area contributed by atoms with E-state index in [-0.39, 0.29) is 45.7 Å². The summed E-state index contributed by atoms with van der Waals surface area (Å²) in [5.41, 5.74) is 0.936. The summed E-state index contributed by atoms with van der Waals surface area (Å²) in [6.07, 6.45) is 1.27. The van der Waals surface area contributed by atoms with Gasteiger partial charge in [-0.2, -0.15) is 0 Å². The Bertz CT molecular complexity index is 1420. The van der Waals surface area contributed by atoms with Crippen molar-refractivity contribution in [2.45, 2.75) is 6.54 Å². The monoisotopic (exact) mass is 513 g/mol. The van der Waals surface area contributed by atoms with Gasteiger partial charge in [-0.3, -0.25) is 10.1 Å². The molecule has 0 bridgehead atoms. The third kappa shape index (κ3) is 3.87. The molecule has 0 radical (unpaired) electrons. The number of anilines is 2. The molecule has 1 saturated heterocycles. The molecule has 0 atom stereocenters. The minimum Gasteiger partial charge on any atom is -0.496 e. The van der Waals surface area contributed by atoms with Crippen LogP contribution in [-0.4, -0.2) is 55.1 Å². The van der Waals surface area contributed by atoms with Gasteiger partial charge in [0.25, 0.3) is 0 Å². The lowest BCUT2D eigenvalue weighted by Crippen LogP contribution is -2.49. The fourth-order valence-electron chi connectivity index (χ4n) is 4.73. The molecule has 11 heteroatoms. The first kappa shape index (κ1) is 23.8. The van der Waals surface area contributed by atoms with Gasteiger partial charge in [-0.1, -0.05) is 24.2 Å². The number of ether oxygens (including phenoxy) is 1. The number of carbonyl (C=O) groups excluding carboxylic acids is 2. The van der Waals surface area contributed by atoms with Crippen molar-refractivity contribution in [1.82, 2.24) is 15.2 Å². The number of pyridine rings is 1. The summed E-state index contributed by atoms with van der Waals surface area (Å²) >= 11 is 6.59. The number of rotatable bonds is 4. The number of methoxy groups -OCH3 is 1. The molecule has 2 aliphatic rings. The Labute approximate surface area is 210 Å². The van der Waals surface area contributed by atoms with E-state index in [1.54, 1.807) is 11.0 Å². The van der Waals surface area contributed by atoms with Gasteiger partial charge in [-0.05, 0) is 24.3 Å². The number of fused-ring (bicyclic) bond motifs is 2. The molecule has 8 nitrogen and oxygen atoms in total. The molecule has 2 aliphatic heterocycles. The molecule has 0 saturated carbocycles. The van der Waals surface area contributed by atoms with Gasteiger partial charge in [0.05, 0.1) is 29.9 Å². The largest absolute Gasteiger partial charge is 0.496 e. The number of benzene rings is 2. The zero-order valence-electron chi connectivity index (χ0n) is 19.3. The number of aromatic nitrogens is 1. The molecule has 0 unspecified atom stereocenters. The fraction of sp³-hybridized carbons (Fsp3) is 0.240. The lowest BCUT2D eigenvalue weighted by molar-refractivity contribution is -0.126. The first-order valence-electron chi connectivity index (χ1n) is 11.2. The highest BCUT2D eigenvalue weighted by molar-refractivity contribution is 6.34. The topological polar surface area (TPSA) is 86.8 Å². The summed E-state index contributed by atoms with van der Waals surface area (Å²) in [5.74, 6) is -1.37. The van der Waals surface area contributed by atoms with E-state index in [0.717, 1.165) is 0 Å². The highest BCUT2D eigenvalue weighted by Gasteiger charge is 2.31. The molecule has 3 heterocycles. The van der Waals surface area contributed by atoms with Crippen molar-refractivity contribution in [1.29, 1.82) is 0 Å². The van der Waals surface area contributed by atoms with E-state index in [1.165, 1.54) is 31.4 Å². The minimum atomic E-state index is -0.835. The van der Waals surface area contributed by atoms with Crippen molar-refractivity contribution in [3.05, 3.63) is 59.1 Å². The Morgan fingerprint density at radius 1 is 1.22 bits per heavy atom. The molecule has 1 aromatic heterocycles. The number of piperazine rings is 1. The lowest BCUT2D eigenvalue weighted by atomic mass is 9.98. The van der Waals surface area contributed by atoms with Gasteiger partial charge in [0, 0.05) is 42.7 Å². The summed E-state index contributed by atoms with van der Waals surface area (Å²) in [6, 6.07) is 5.25. The molecule has 2 aromatic carbocycles. The normalized spacial score (nSPS) is 15.3. The van der Waals surface area contributed by atoms with Crippen LogP contribution in [0.25, 0.3) is 22.0 Å². The lowest BCUT2D eigenvalue weighted by Gasteiger charge is -2.38. The van der Waals surface area contributed by atoms with Crippen LogP contribution >= 0.6 is 11.6 Å². The second kappa shape index (κ2) is 9.27. The summed E-state index contributed by atoms with van der Waals surface area (Å²) in [5, 5.41) is 5.76. The molecule has 1 fully saturated rings. The van der Waals surface area contributed by atoms with Crippen LogP contribution < -0.4 is 20.3 Å². The zero-order chi connectivity index (χ0) is 25.6. The third-order valence-corrected chi connectivity index (χ3v) is 6.73. The third-order valence-electron chi connectivity index (χ3n) is 6.43. The summed E-state index contributed by atoms with van der Waals surface area (Å²) < 4.78 is 36.3. The Balaban J connectivity index is 1.72. The van der Waals surface area contributed by atoms with Gasteiger partial charge in [0.15, 0.2) is 5.82 Å². The molecule has 186 valence electrons. The number of amides is 3. The van der Waals surface area contributed by atoms with Crippen LogP contribution in [0.1, 0.15) is 5.56 Å². The zero-order valence-corrected chi connectivity index (χ0v) is 20.1. The summed E-state index contributed by atoms with van der Waals surface area (Å²) in [4.78, 5) is 32.2. The average Bonchev–Trinajstić information content (AvgIpc) is 2.88. The number of urea groups is 1. The molecule has 36 heavy (non-hydrogen) atoms.